The number of nitrogens with zero attached hydrogens (tertiary/aromatic N) is 1. The predicted octanol–water partition coefficient (Wildman–Crippen LogP) is 3.71. The first kappa shape index (κ1) is 16.4. The number of oxime groups is 1. The molecule has 0 saturated heterocycles. The summed E-state index contributed by atoms with van der Waals surface area (Å²) in [4.78, 5) is 16.8. The third kappa shape index (κ3) is 4.10. The maximum Gasteiger partial charge on any atom is 0.265 e. The lowest BCUT2D eigenvalue weighted by Crippen LogP contribution is -2.16. The van der Waals surface area contributed by atoms with Crippen molar-refractivity contribution < 1.29 is 19.1 Å². The normalized spacial score (nSPS) is 12.4. The highest BCUT2D eigenvalue weighted by Crippen LogP contribution is 2.34. The predicted molar refractivity (Wildman–Crippen MR) is 91.2 cm³/mol. The highest BCUT2D eigenvalue weighted by Gasteiger charge is 2.14. The summed E-state index contributed by atoms with van der Waals surface area (Å²) in [6, 6.07) is 10.1. The second-order valence-electron chi connectivity index (χ2n) is 4.80. The van der Waals surface area contributed by atoms with Gasteiger partial charge in [0.1, 0.15) is 0 Å². The van der Waals surface area contributed by atoms with Crippen LogP contribution in [-0.4, -0.2) is 25.5 Å². The molecule has 2 aromatic carbocycles. The summed E-state index contributed by atoms with van der Waals surface area (Å²) >= 11 is 11.7. The van der Waals surface area contributed by atoms with E-state index < -0.39 is 0 Å². The van der Waals surface area contributed by atoms with Gasteiger partial charge in [-0.05, 0) is 29.8 Å². The number of ether oxygens (including phenoxy) is 2. The van der Waals surface area contributed by atoms with E-state index in [9.17, 15) is 4.79 Å². The average molecular weight is 367 g/mol. The van der Waals surface area contributed by atoms with Crippen molar-refractivity contribution in [1.82, 2.24) is 0 Å². The van der Waals surface area contributed by atoms with Crippen molar-refractivity contribution in [1.29, 1.82) is 0 Å². The summed E-state index contributed by atoms with van der Waals surface area (Å²) < 4.78 is 10.4. The summed E-state index contributed by atoms with van der Waals surface area (Å²) in [6.07, 6.45) is 1.44. The molecule has 0 atom stereocenters. The minimum atomic E-state index is -0.347. The van der Waals surface area contributed by atoms with E-state index in [-0.39, 0.29) is 19.3 Å². The van der Waals surface area contributed by atoms with Gasteiger partial charge < -0.3 is 19.6 Å². The molecule has 1 heterocycles. The molecule has 0 unspecified atom stereocenters. The molecule has 1 aliphatic rings. The minimum Gasteiger partial charge on any atom is -0.454 e. The number of amides is 1. The lowest BCUT2D eigenvalue weighted by molar-refractivity contribution is -0.120. The van der Waals surface area contributed by atoms with E-state index >= 15 is 0 Å². The first-order valence-corrected chi connectivity index (χ1v) is 7.67. The second-order valence-corrected chi connectivity index (χ2v) is 5.61. The standard InChI is InChI=1S/C16H12Cl2N2O4/c17-12-3-1-10(5-13(12)18)7-19-24-8-16(21)20-11-2-4-14-15(6-11)23-9-22-14/h1-7H,8-9H2,(H,20,21)/b19-7-. The Hall–Kier alpha value is -2.44. The van der Waals surface area contributed by atoms with E-state index in [2.05, 4.69) is 10.5 Å². The summed E-state index contributed by atoms with van der Waals surface area (Å²) in [5.41, 5.74) is 1.29. The number of anilines is 1. The first-order valence-electron chi connectivity index (χ1n) is 6.92. The molecule has 3 rings (SSSR count). The SMILES string of the molecule is O=C(CO/N=C\c1ccc(Cl)c(Cl)c1)Nc1ccc2c(c1)OCO2. The third-order valence-corrected chi connectivity index (χ3v) is 3.81. The zero-order chi connectivity index (χ0) is 16.9. The number of hydrogen-bond acceptors (Lipinski definition) is 5. The highest BCUT2D eigenvalue weighted by molar-refractivity contribution is 6.42. The van der Waals surface area contributed by atoms with Gasteiger partial charge in [-0.1, -0.05) is 34.4 Å². The molecule has 0 aliphatic carbocycles. The molecule has 24 heavy (non-hydrogen) atoms. The molecule has 2 aromatic rings. The van der Waals surface area contributed by atoms with E-state index in [4.69, 9.17) is 37.5 Å². The summed E-state index contributed by atoms with van der Waals surface area (Å²) in [5.74, 6) is 0.891. The summed E-state index contributed by atoms with van der Waals surface area (Å²) in [7, 11) is 0. The van der Waals surface area contributed by atoms with Crippen molar-refractivity contribution >= 4 is 41.0 Å². The molecular weight excluding hydrogens is 355 g/mol. The van der Waals surface area contributed by atoms with Gasteiger partial charge in [-0.15, -0.1) is 0 Å². The van der Waals surface area contributed by atoms with Crippen molar-refractivity contribution in [2.75, 3.05) is 18.7 Å². The van der Waals surface area contributed by atoms with Gasteiger partial charge in [0.05, 0.1) is 16.3 Å². The molecule has 124 valence electrons. The smallest absolute Gasteiger partial charge is 0.265 e. The van der Waals surface area contributed by atoms with E-state index in [1.54, 1.807) is 36.4 Å². The fraction of sp³-hybridized carbons (Fsp3) is 0.125. The molecule has 1 N–H and O–H groups in total. The van der Waals surface area contributed by atoms with Crippen molar-refractivity contribution in [2.24, 2.45) is 5.16 Å². The van der Waals surface area contributed by atoms with Gasteiger partial charge in [0.25, 0.3) is 5.91 Å². The zero-order valence-electron chi connectivity index (χ0n) is 12.3. The van der Waals surface area contributed by atoms with Crippen LogP contribution in [-0.2, 0) is 9.63 Å². The first-order chi connectivity index (χ1) is 11.6. The largest absolute Gasteiger partial charge is 0.454 e. The van der Waals surface area contributed by atoms with Crippen LogP contribution in [0.1, 0.15) is 5.56 Å². The Morgan fingerprint density at radius 2 is 2.00 bits per heavy atom. The Balaban J connectivity index is 1.48. The Morgan fingerprint density at radius 1 is 1.17 bits per heavy atom. The maximum atomic E-state index is 11.8. The topological polar surface area (TPSA) is 69.2 Å². The third-order valence-electron chi connectivity index (χ3n) is 3.07. The van der Waals surface area contributed by atoms with Gasteiger partial charge in [0.2, 0.25) is 6.79 Å². The van der Waals surface area contributed by atoms with Crippen molar-refractivity contribution in [3.8, 4) is 11.5 Å². The fourth-order valence-corrected chi connectivity index (χ4v) is 2.26. The van der Waals surface area contributed by atoms with Gasteiger partial charge in [-0.25, -0.2) is 0 Å². The molecule has 0 aromatic heterocycles. The van der Waals surface area contributed by atoms with Crippen LogP contribution in [0.25, 0.3) is 0 Å². The van der Waals surface area contributed by atoms with E-state index in [1.807, 2.05) is 0 Å². The molecular formula is C16H12Cl2N2O4. The van der Waals surface area contributed by atoms with Crippen molar-refractivity contribution in [3.05, 3.63) is 52.0 Å². The van der Waals surface area contributed by atoms with Crippen LogP contribution in [0.5, 0.6) is 11.5 Å². The van der Waals surface area contributed by atoms with Gasteiger partial charge in [0.15, 0.2) is 18.1 Å². The fourth-order valence-electron chi connectivity index (χ4n) is 1.96. The monoisotopic (exact) mass is 366 g/mol. The Bertz CT molecular complexity index is 796. The Morgan fingerprint density at radius 3 is 2.83 bits per heavy atom. The molecule has 0 saturated carbocycles. The van der Waals surface area contributed by atoms with Crippen LogP contribution >= 0.6 is 23.2 Å². The van der Waals surface area contributed by atoms with Crippen molar-refractivity contribution in [3.63, 3.8) is 0 Å². The number of rotatable bonds is 5. The molecule has 0 radical (unpaired) electrons. The number of fused-ring (bicyclic) bond motifs is 1. The van der Waals surface area contributed by atoms with Gasteiger partial charge in [0, 0.05) is 11.8 Å². The quantitative estimate of drug-likeness (QED) is 0.646. The van der Waals surface area contributed by atoms with E-state index in [0.29, 0.717) is 32.8 Å². The number of benzene rings is 2. The summed E-state index contributed by atoms with van der Waals surface area (Å²) in [5, 5.41) is 7.27. The molecule has 1 aliphatic heterocycles. The van der Waals surface area contributed by atoms with Gasteiger partial charge in [-0.3, -0.25) is 4.79 Å². The molecule has 1 amide bonds. The zero-order valence-corrected chi connectivity index (χ0v) is 13.8. The van der Waals surface area contributed by atoms with Crippen LogP contribution < -0.4 is 14.8 Å². The molecule has 8 heteroatoms. The van der Waals surface area contributed by atoms with E-state index in [0.717, 1.165) is 0 Å². The minimum absolute atomic E-state index is 0.180. The number of carbonyl (C=O) groups is 1. The van der Waals surface area contributed by atoms with Crippen LogP contribution in [0.15, 0.2) is 41.6 Å². The Kier molecular flexibility index (Phi) is 5.08. The summed E-state index contributed by atoms with van der Waals surface area (Å²) in [6.45, 7) is -0.0501. The van der Waals surface area contributed by atoms with Crippen LogP contribution in [0.4, 0.5) is 5.69 Å². The number of halogens is 2. The second kappa shape index (κ2) is 7.42. The Labute approximate surface area is 147 Å². The highest BCUT2D eigenvalue weighted by atomic mass is 35.5. The average Bonchev–Trinajstić information content (AvgIpc) is 3.02. The number of carbonyl (C=O) groups excluding carboxylic acids is 1. The van der Waals surface area contributed by atoms with E-state index in [1.165, 1.54) is 6.21 Å². The lowest BCUT2D eigenvalue weighted by Gasteiger charge is -2.05. The maximum absolute atomic E-state index is 11.8. The lowest BCUT2D eigenvalue weighted by atomic mass is 10.2. The molecule has 0 spiro atoms. The molecule has 0 bridgehead atoms. The van der Waals surface area contributed by atoms with Crippen molar-refractivity contribution in [2.45, 2.75) is 0 Å². The molecule has 6 nitrogen and oxygen atoms in total. The number of hydrogen-bond donors (Lipinski definition) is 1. The van der Waals surface area contributed by atoms with Gasteiger partial charge >= 0.3 is 0 Å². The van der Waals surface area contributed by atoms with Crippen LogP contribution in [0.2, 0.25) is 10.0 Å². The number of nitrogens with one attached hydrogen (secondary N) is 1. The van der Waals surface area contributed by atoms with Crippen LogP contribution in [0, 0.1) is 0 Å². The molecule has 0 fully saturated rings. The van der Waals surface area contributed by atoms with Crippen LogP contribution in [0.3, 0.4) is 0 Å². The van der Waals surface area contributed by atoms with Gasteiger partial charge in [-0.2, -0.15) is 0 Å².